The molecule has 0 heterocycles. The molecule has 0 aliphatic rings. The molecule has 0 aliphatic heterocycles. The summed E-state index contributed by atoms with van der Waals surface area (Å²) >= 11 is 0. The Morgan fingerprint density at radius 1 is 0.408 bits per heavy atom. The van der Waals surface area contributed by atoms with Gasteiger partial charge in [0.15, 0.2) is 0 Å². The first-order valence-corrected chi connectivity index (χ1v) is 14.7. The van der Waals surface area contributed by atoms with Gasteiger partial charge in [-0.05, 0) is 89.1 Å². The van der Waals surface area contributed by atoms with Crippen LogP contribution in [-0.4, -0.2) is 29.8 Å². The van der Waals surface area contributed by atoms with Gasteiger partial charge in [0, 0.05) is 56.7 Å². The lowest BCUT2D eigenvalue weighted by molar-refractivity contribution is -0.131. The summed E-state index contributed by atoms with van der Waals surface area (Å²) in [6.45, 7) is 27.2. The topological polar surface area (TPSA) is 132 Å². The maximum atomic E-state index is 12.9. The summed E-state index contributed by atoms with van der Waals surface area (Å²) in [5, 5.41) is 0. The molecular weight excluding hydrogens is 628 g/mol. The van der Waals surface area contributed by atoms with Crippen LogP contribution in [0.3, 0.4) is 0 Å². The van der Waals surface area contributed by atoms with Crippen LogP contribution in [0.1, 0.15) is 40.2 Å². The van der Waals surface area contributed by atoms with Gasteiger partial charge < -0.3 is 23.7 Å². The van der Waals surface area contributed by atoms with E-state index in [1.807, 2.05) is 0 Å². The van der Waals surface area contributed by atoms with Crippen molar-refractivity contribution < 1.29 is 47.7 Å². The maximum Gasteiger partial charge on any atom is 0.338 e. The molecule has 0 saturated heterocycles. The van der Waals surface area contributed by atoms with Gasteiger partial charge >= 0.3 is 29.8 Å². The molecule has 252 valence electrons. The van der Waals surface area contributed by atoms with E-state index in [4.69, 9.17) is 23.7 Å². The largest absolute Gasteiger partial charge is 0.423 e. The summed E-state index contributed by atoms with van der Waals surface area (Å²) in [6.07, 6.45) is 0. The smallest absolute Gasteiger partial charge is 0.338 e. The lowest BCUT2D eigenvalue weighted by atomic mass is 9.93. The van der Waals surface area contributed by atoms with Crippen molar-refractivity contribution in [2.24, 2.45) is 0 Å². The summed E-state index contributed by atoms with van der Waals surface area (Å²) in [6, 6.07) is 12.0. The van der Waals surface area contributed by atoms with Crippen LogP contribution in [0.4, 0.5) is 0 Å². The minimum atomic E-state index is -0.755. The van der Waals surface area contributed by atoms with Crippen LogP contribution in [0.25, 0.3) is 22.3 Å². The van der Waals surface area contributed by atoms with Crippen molar-refractivity contribution >= 4 is 29.8 Å². The number of rotatable bonds is 12. The Morgan fingerprint density at radius 3 is 1.06 bits per heavy atom. The Morgan fingerprint density at radius 2 is 0.714 bits per heavy atom. The van der Waals surface area contributed by atoms with Gasteiger partial charge in [-0.1, -0.05) is 32.9 Å². The lowest BCUT2D eigenvalue weighted by Crippen LogP contribution is -2.12. The molecule has 0 atom stereocenters. The van der Waals surface area contributed by atoms with Gasteiger partial charge in [0.1, 0.15) is 28.7 Å². The Kier molecular flexibility index (Phi) is 11.8. The average molecular weight is 665 g/mol. The molecule has 0 saturated carbocycles. The van der Waals surface area contributed by atoms with Crippen LogP contribution < -0.4 is 23.7 Å². The van der Waals surface area contributed by atoms with E-state index in [-0.39, 0.29) is 56.6 Å². The highest BCUT2D eigenvalue weighted by Crippen LogP contribution is 2.44. The molecule has 3 rings (SSSR count). The summed E-state index contributed by atoms with van der Waals surface area (Å²) in [7, 11) is 0. The van der Waals surface area contributed by atoms with Crippen molar-refractivity contribution in [3.8, 4) is 51.0 Å². The van der Waals surface area contributed by atoms with Gasteiger partial charge in [0.25, 0.3) is 0 Å². The number of hydrogen-bond donors (Lipinski definition) is 0. The molecule has 0 fully saturated rings. The van der Waals surface area contributed by atoms with Crippen LogP contribution in [0.15, 0.2) is 109 Å². The molecule has 3 aromatic carbocycles. The highest BCUT2D eigenvalue weighted by Gasteiger charge is 2.23. The second-order valence-electron chi connectivity index (χ2n) is 11.3. The number of carbonyl (C=O) groups excluding carboxylic acids is 5. The molecule has 0 spiro atoms. The zero-order valence-electron chi connectivity index (χ0n) is 28.2. The van der Waals surface area contributed by atoms with Crippen LogP contribution in [0.5, 0.6) is 28.7 Å². The molecule has 49 heavy (non-hydrogen) atoms. The van der Waals surface area contributed by atoms with Gasteiger partial charge in [-0.25, -0.2) is 24.0 Å². The Labute approximate surface area is 284 Å². The molecular formula is C39H36O10. The fourth-order valence-electron chi connectivity index (χ4n) is 3.97. The highest BCUT2D eigenvalue weighted by molar-refractivity contribution is 5.95. The van der Waals surface area contributed by atoms with Gasteiger partial charge in [-0.3, -0.25) is 0 Å². The van der Waals surface area contributed by atoms with Crippen molar-refractivity contribution in [3.63, 3.8) is 0 Å². The van der Waals surface area contributed by atoms with E-state index >= 15 is 0 Å². The zero-order valence-corrected chi connectivity index (χ0v) is 28.2. The highest BCUT2D eigenvalue weighted by atomic mass is 16.6. The summed E-state index contributed by atoms with van der Waals surface area (Å²) in [5.41, 5.74) is 2.67. The van der Waals surface area contributed by atoms with Gasteiger partial charge in [-0.15, -0.1) is 0 Å². The number of ether oxygens (including phenoxy) is 5. The van der Waals surface area contributed by atoms with Gasteiger partial charge in [0.05, 0.1) is 0 Å². The fraction of sp³-hybridized carbons (Fsp3) is 0.154. The predicted octanol–water partition coefficient (Wildman–Crippen LogP) is 7.74. The number of esters is 5. The van der Waals surface area contributed by atoms with Crippen LogP contribution in [-0.2, 0) is 24.0 Å². The van der Waals surface area contributed by atoms with Crippen molar-refractivity contribution in [3.05, 3.63) is 115 Å². The third-order valence-electron chi connectivity index (χ3n) is 6.58. The number of hydrogen-bond acceptors (Lipinski definition) is 10. The van der Waals surface area contributed by atoms with E-state index in [2.05, 4.69) is 32.9 Å². The summed E-state index contributed by atoms with van der Waals surface area (Å²) < 4.78 is 27.7. The SMILES string of the molecule is C=C(C)C(=O)Oc1ccc(-c2cc(OC(=O)C(=C)C)c(-c3ccc(OC(=O)C(=C)C)cc3OC(=O)C(=C)C)cc2C)c(OC(=O)C(=C)C)c1. The molecule has 10 heteroatoms. The minimum absolute atomic E-state index is 0.0165. The number of benzene rings is 3. The fourth-order valence-corrected chi connectivity index (χ4v) is 3.97. The van der Waals surface area contributed by atoms with E-state index in [9.17, 15) is 24.0 Å². The Hall–Kier alpha value is -6.29. The second kappa shape index (κ2) is 15.5. The molecule has 0 N–H and O–H groups in total. The first-order valence-electron chi connectivity index (χ1n) is 14.7. The average Bonchev–Trinajstić information content (AvgIpc) is 3.01. The Bertz CT molecular complexity index is 1980. The molecule has 0 radical (unpaired) electrons. The van der Waals surface area contributed by atoms with Crippen LogP contribution in [0, 0.1) is 6.92 Å². The van der Waals surface area contributed by atoms with Crippen molar-refractivity contribution in [1.82, 2.24) is 0 Å². The Balaban J connectivity index is 2.32. The molecule has 0 amide bonds. The number of aryl methyl sites for hydroxylation is 1. The van der Waals surface area contributed by atoms with Crippen molar-refractivity contribution in [1.29, 1.82) is 0 Å². The van der Waals surface area contributed by atoms with Crippen LogP contribution >= 0.6 is 0 Å². The predicted molar refractivity (Wildman–Crippen MR) is 184 cm³/mol. The molecule has 3 aromatic rings. The first-order chi connectivity index (χ1) is 22.9. The molecule has 0 aliphatic carbocycles. The van der Waals surface area contributed by atoms with Crippen molar-refractivity contribution in [2.75, 3.05) is 0 Å². The first kappa shape index (κ1) is 37.2. The van der Waals surface area contributed by atoms with E-state index in [1.54, 1.807) is 19.1 Å². The van der Waals surface area contributed by atoms with Crippen molar-refractivity contribution in [2.45, 2.75) is 41.5 Å². The molecule has 0 aromatic heterocycles. The summed E-state index contributed by atoms with van der Waals surface area (Å²) in [4.78, 5) is 62.6. The molecule has 0 unspecified atom stereocenters. The molecule has 0 bridgehead atoms. The van der Waals surface area contributed by atoms with Gasteiger partial charge in [0.2, 0.25) is 0 Å². The normalized spacial score (nSPS) is 10.2. The van der Waals surface area contributed by atoms with Crippen LogP contribution in [0.2, 0.25) is 0 Å². The lowest BCUT2D eigenvalue weighted by Gasteiger charge is -2.19. The van der Waals surface area contributed by atoms with E-state index < -0.39 is 29.8 Å². The standard InChI is InChI=1S/C39H36O10/c1-20(2)35(40)45-26-12-14-28(32(17-26)47-37(42)22(5)6)30-19-34(49-39(44)24(9)10)31(16-25(30)11)29-15-13-27(46-36(41)21(3)4)18-33(29)48-38(43)23(7)8/h12-19H,1,3,5,7,9H2,2,4,6,8,10-11H3. The quantitative estimate of drug-likeness (QED) is 0.108. The minimum Gasteiger partial charge on any atom is -0.423 e. The monoisotopic (exact) mass is 664 g/mol. The number of carbonyl (C=O) groups is 5. The van der Waals surface area contributed by atoms with E-state index in [0.29, 0.717) is 27.8 Å². The summed E-state index contributed by atoms with van der Waals surface area (Å²) in [5.74, 6) is -3.45. The maximum absolute atomic E-state index is 12.9. The second-order valence-corrected chi connectivity index (χ2v) is 11.3. The third kappa shape index (κ3) is 9.39. The van der Waals surface area contributed by atoms with E-state index in [0.717, 1.165) is 0 Å². The molecule has 10 nitrogen and oxygen atoms in total. The van der Waals surface area contributed by atoms with E-state index in [1.165, 1.54) is 71.0 Å². The van der Waals surface area contributed by atoms with Gasteiger partial charge in [-0.2, -0.15) is 0 Å². The zero-order chi connectivity index (χ0) is 36.7. The third-order valence-corrected chi connectivity index (χ3v) is 6.58.